The number of para-hydroxylation sites is 1. The Balaban J connectivity index is 1.57. The van der Waals surface area contributed by atoms with Gasteiger partial charge < -0.3 is 14.4 Å². The zero-order valence-corrected chi connectivity index (χ0v) is 21.5. The van der Waals surface area contributed by atoms with Crippen LogP contribution in [0.4, 0.5) is 8.78 Å². The number of halogens is 3. The van der Waals surface area contributed by atoms with Crippen LogP contribution >= 0.6 is 11.6 Å². The third-order valence-electron chi connectivity index (χ3n) is 6.43. The predicted octanol–water partition coefficient (Wildman–Crippen LogP) is 6.73. The molecule has 6 nitrogen and oxygen atoms in total. The van der Waals surface area contributed by atoms with Crippen molar-refractivity contribution in [1.29, 1.82) is 0 Å². The first-order valence-electron chi connectivity index (χ1n) is 12.3. The zero-order chi connectivity index (χ0) is 26.6. The summed E-state index contributed by atoms with van der Waals surface area (Å²) in [5.41, 5.74) is 2.22. The van der Waals surface area contributed by atoms with Crippen molar-refractivity contribution in [1.82, 2.24) is 14.7 Å². The lowest BCUT2D eigenvalue weighted by atomic mass is 10.1. The van der Waals surface area contributed by atoms with Crippen LogP contribution in [0.1, 0.15) is 34.5 Å². The van der Waals surface area contributed by atoms with Gasteiger partial charge in [0, 0.05) is 19.2 Å². The smallest absolute Gasteiger partial charge is 0.255 e. The van der Waals surface area contributed by atoms with Crippen LogP contribution in [-0.4, -0.2) is 39.8 Å². The maximum Gasteiger partial charge on any atom is 0.255 e. The molecule has 0 aliphatic carbocycles. The fourth-order valence-electron chi connectivity index (χ4n) is 4.48. The number of carbonyl (C=O) groups is 1. The highest BCUT2D eigenvalue weighted by Gasteiger charge is 2.29. The van der Waals surface area contributed by atoms with Crippen molar-refractivity contribution in [3.8, 4) is 17.3 Å². The minimum absolute atomic E-state index is 0.112. The molecule has 196 valence electrons. The van der Waals surface area contributed by atoms with Gasteiger partial charge in [0.15, 0.2) is 11.6 Å². The van der Waals surface area contributed by atoms with E-state index in [0.29, 0.717) is 40.7 Å². The van der Waals surface area contributed by atoms with Crippen molar-refractivity contribution in [2.45, 2.75) is 32.4 Å². The van der Waals surface area contributed by atoms with Crippen molar-refractivity contribution in [2.75, 3.05) is 13.2 Å². The van der Waals surface area contributed by atoms with E-state index in [0.717, 1.165) is 25.0 Å². The van der Waals surface area contributed by atoms with Gasteiger partial charge in [-0.2, -0.15) is 5.10 Å². The molecule has 0 radical (unpaired) electrons. The molecule has 1 unspecified atom stereocenters. The van der Waals surface area contributed by atoms with Gasteiger partial charge in [0.25, 0.3) is 5.91 Å². The average Bonchev–Trinajstić information content (AvgIpc) is 3.54. The number of hydrogen-bond donors (Lipinski definition) is 0. The third kappa shape index (κ3) is 5.56. The molecule has 1 aromatic heterocycles. The van der Waals surface area contributed by atoms with E-state index in [-0.39, 0.29) is 30.2 Å². The molecule has 1 fully saturated rings. The lowest BCUT2D eigenvalue weighted by molar-refractivity contribution is 0.0505. The molecule has 1 aliphatic rings. The van der Waals surface area contributed by atoms with Crippen LogP contribution in [0.2, 0.25) is 5.02 Å². The molecule has 3 aromatic carbocycles. The highest BCUT2D eigenvalue weighted by molar-refractivity contribution is 6.33. The van der Waals surface area contributed by atoms with Crippen LogP contribution in [0.5, 0.6) is 11.6 Å². The first kappa shape index (κ1) is 25.9. The first-order chi connectivity index (χ1) is 18.4. The first-order valence-corrected chi connectivity index (χ1v) is 12.7. The van der Waals surface area contributed by atoms with Gasteiger partial charge in [-0.05, 0) is 56.2 Å². The number of rotatable bonds is 8. The molecule has 0 N–H and O–H groups in total. The number of aromatic nitrogens is 2. The minimum Gasteiger partial charge on any atom is -0.435 e. The SMILES string of the molecule is Cc1nn(-c2ccccc2)c(Oc2ccc(F)cc2F)c1CN(CC1CCCO1)C(=O)c1ccccc1Cl. The Hall–Kier alpha value is -3.75. The topological polar surface area (TPSA) is 56.6 Å². The van der Waals surface area contributed by atoms with E-state index in [1.165, 1.54) is 6.07 Å². The average molecular weight is 538 g/mol. The Kier molecular flexibility index (Phi) is 7.72. The summed E-state index contributed by atoms with van der Waals surface area (Å²) in [7, 11) is 0. The zero-order valence-electron chi connectivity index (χ0n) is 20.7. The van der Waals surface area contributed by atoms with E-state index in [1.54, 1.807) is 40.8 Å². The van der Waals surface area contributed by atoms with Crippen LogP contribution in [0.3, 0.4) is 0 Å². The van der Waals surface area contributed by atoms with Crippen LogP contribution < -0.4 is 4.74 Å². The van der Waals surface area contributed by atoms with Crippen LogP contribution in [0, 0.1) is 18.6 Å². The van der Waals surface area contributed by atoms with Crippen molar-refractivity contribution < 1.29 is 23.0 Å². The van der Waals surface area contributed by atoms with E-state index in [4.69, 9.17) is 21.1 Å². The third-order valence-corrected chi connectivity index (χ3v) is 6.76. The van der Waals surface area contributed by atoms with Crippen LogP contribution in [0.15, 0.2) is 72.8 Å². The fraction of sp³-hybridized carbons (Fsp3) is 0.241. The molecule has 1 amide bonds. The highest BCUT2D eigenvalue weighted by atomic mass is 35.5. The van der Waals surface area contributed by atoms with Crippen LogP contribution in [0.25, 0.3) is 5.69 Å². The number of nitrogens with zero attached hydrogens (tertiary/aromatic N) is 3. The second kappa shape index (κ2) is 11.3. The van der Waals surface area contributed by atoms with Gasteiger partial charge in [-0.1, -0.05) is 41.9 Å². The Morgan fingerprint density at radius 3 is 2.61 bits per heavy atom. The Labute approximate surface area is 224 Å². The number of carbonyl (C=O) groups excluding carboxylic acids is 1. The van der Waals surface area contributed by atoms with Gasteiger partial charge >= 0.3 is 0 Å². The maximum absolute atomic E-state index is 14.6. The normalized spacial score (nSPS) is 15.0. The molecule has 1 saturated heterocycles. The summed E-state index contributed by atoms with van der Waals surface area (Å²) in [6.07, 6.45) is 1.63. The summed E-state index contributed by atoms with van der Waals surface area (Å²) < 4.78 is 41.7. The van der Waals surface area contributed by atoms with E-state index < -0.39 is 11.6 Å². The molecular weight excluding hydrogens is 512 g/mol. The van der Waals surface area contributed by atoms with Crippen LogP contribution in [-0.2, 0) is 11.3 Å². The summed E-state index contributed by atoms with van der Waals surface area (Å²) >= 11 is 6.37. The minimum atomic E-state index is -0.849. The lowest BCUT2D eigenvalue weighted by Gasteiger charge is -2.26. The predicted molar refractivity (Wildman–Crippen MR) is 140 cm³/mol. The molecule has 0 spiro atoms. The highest BCUT2D eigenvalue weighted by Crippen LogP contribution is 2.34. The Morgan fingerprint density at radius 2 is 1.89 bits per heavy atom. The number of hydrogen-bond acceptors (Lipinski definition) is 4. The Bertz CT molecular complexity index is 1440. The van der Waals surface area contributed by atoms with E-state index in [2.05, 4.69) is 5.10 Å². The van der Waals surface area contributed by atoms with Crippen molar-refractivity contribution in [3.63, 3.8) is 0 Å². The Morgan fingerprint density at radius 1 is 1.13 bits per heavy atom. The molecule has 5 rings (SSSR count). The maximum atomic E-state index is 14.6. The van der Waals surface area contributed by atoms with Gasteiger partial charge in [-0.25, -0.2) is 13.5 Å². The summed E-state index contributed by atoms with van der Waals surface area (Å²) in [5, 5.41) is 5.00. The van der Waals surface area contributed by atoms with Crippen molar-refractivity contribution in [2.24, 2.45) is 0 Å². The quantitative estimate of drug-likeness (QED) is 0.250. The summed E-state index contributed by atoms with van der Waals surface area (Å²) in [5.74, 6) is -1.76. The molecule has 38 heavy (non-hydrogen) atoms. The summed E-state index contributed by atoms with van der Waals surface area (Å²) in [6.45, 7) is 2.89. The number of benzene rings is 3. The lowest BCUT2D eigenvalue weighted by Crippen LogP contribution is -2.37. The monoisotopic (exact) mass is 537 g/mol. The van der Waals surface area contributed by atoms with E-state index >= 15 is 0 Å². The summed E-state index contributed by atoms with van der Waals surface area (Å²) in [6, 6.07) is 19.2. The molecule has 4 aromatic rings. The molecule has 1 atom stereocenters. The molecular formula is C29H26ClF2N3O3. The molecule has 2 heterocycles. The van der Waals surface area contributed by atoms with Gasteiger partial charge in [-0.3, -0.25) is 4.79 Å². The number of ether oxygens (including phenoxy) is 2. The molecule has 0 saturated carbocycles. The molecule has 1 aliphatic heterocycles. The second-order valence-corrected chi connectivity index (χ2v) is 9.50. The molecule has 0 bridgehead atoms. The van der Waals surface area contributed by atoms with Gasteiger partial charge in [0.05, 0.1) is 40.2 Å². The number of aryl methyl sites for hydroxylation is 1. The van der Waals surface area contributed by atoms with Crippen molar-refractivity contribution >= 4 is 17.5 Å². The standard InChI is InChI=1S/C29H26ClF2N3O3/c1-19-24(18-34(17-22-10-7-15-37-22)28(36)23-11-5-6-12-25(23)30)29(35(33-19)21-8-3-2-4-9-21)38-27-14-13-20(31)16-26(27)32/h2-6,8-9,11-14,16,22H,7,10,15,17-18H2,1H3. The van der Waals surface area contributed by atoms with Gasteiger partial charge in [-0.15, -0.1) is 0 Å². The van der Waals surface area contributed by atoms with E-state index in [9.17, 15) is 13.6 Å². The number of amides is 1. The second-order valence-electron chi connectivity index (χ2n) is 9.09. The van der Waals surface area contributed by atoms with Gasteiger partial charge in [0.1, 0.15) is 5.82 Å². The molecule has 9 heteroatoms. The van der Waals surface area contributed by atoms with Gasteiger partial charge in [0.2, 0.25) is 5.88 Å². The van der Waals surface area contributed by atoms with E-state index in [1.807, 2.05) is 30.3 Å². The van der Waals surface area contributed by atoms with Crippen molar-refractivity contribution in [3.05, 3.63) is 106 Å². The largest absolute Gasteiger partial charge is 0.435 e. The summed E-state index contributed by atoms with van der Waals surface area (Å²) in [4.78, 5) is 15.4. The fourth-order valence-corrected chi connectivity index (χ4v) is 4.70.